The van der Waals surface area contributed by atoms with Crippen molar-refractivity contribution in [2.75, 3.05) is 18.5 Å². The van der Waals surface area contributed by atoms with Crippen LogP contribution in [0.3, 0.4) is 0 Å². The van der Waals surface area contributed by atoms with E-state index in [4.69, 9.17) is 26.7 Å². The first-order chi connectivity index (χ1) is 9.06. The zero-order valence-corrected chi connectivity index (χ0v) is 11.3. The Hall–Kier alpha value is -1.77. The number of nitriles is 1. The van der Waals surface area contributed by atoms with Crippen LogP contribution in [0.4, 0.5) is 5.69 Å². The van der Waals surface area contributed by atoms with Gasteiger partial charge >= 0.3 is 5.97 Å². The van der Waals surface area contributed by atoms with Crippen LogP contribution in [0.1, 0.15) is 18.9 Å². The molecule has 0 heterocycles. The van der Waals surface area contributed by atoms with Crippen LogP contribution >= 0.6 is 11.6 Å². The van der Waals surface area contributed by atoms with Gasteiger partial charge in [-0.2, -0.15) is 5.26 Å². The summed E-state index contributed by atoms with van der Waals surface area (Å²) >= 11 is 5.80. The maximum Gasteiger partial charge on any atom is 0.306 e. The standard InChI is InChI=1S/C13H15ClN2O3/c1-2-19-11(6-13(17)18)8-16-12-4-3-10(14)5-9(12)7-15/h3-5,11,16H,2,6,8H2,1H3,(H,17,18). The SMILES string of the molecule is CCOC(CNc1ccc(Cl)cc1C#N)CC(=O)O. The number of ether oxygens (including phenoxy) is 1. The fraction of sp³-hybridized carbons (Fsp3) is 0.385. The predicted octanol–water partition coefficient (Wildman–Crippen LogP) is 2.50. The summed E-state index contributed by atoms with van der Waals surface area (Å²) in [6.07, 6.45) is -0.527. The van der Waals surface area contributed by atoms with E-state index in [9.17, 15) is 4.79 Å². The highest BCUT2D eigenvalue weighted by Crippen LogP contribution is 2.20. The molecular weight excluding hydrogens is 268 g/mol. The number of aliphatic carboxylic acids is 1. The lowest BCUT2D eigenvalue weighted by molar-refractivity contribution is -0.139. The van der Waals surface area contributed by atoms with Crippen molar-refractivity contribution in [3.8, 4) is 6.07 Å². The van der Waals surface area contributed by atoms with Crippen LogP contribution in [-0.4, -0.2) is 30.3 Å². The fourth-order valence-corrected chi connectivity index (χ4v) is 1.78. The van der Waals surface area contributed by atoms with E-state index in [1.165, 1.54) is 0 Å². The highest BCUT2D eigenvalue weighted by Gasteiger charge is 2.13. The molecule has 1 aromatic rings. The molecule has 0 spiro atoms. The number of hydrogen-bond acceptors (Lipinski definition) is 4. The predicted molar refractivity (Wildman–Crippen MR) is 72.3 cm³/mol. The Bertz CT molecular complexity index is 485. The van der Waals surface area contributed by atoms with Gasteiger partial charge in [0.25, 0.3) is 0 Å². The topological polar surface area (TPSA) is 82.3 Å². The molecule has 0 aliphatic heterocycles. The quantitative estimate of drug-likeness (QED) is 0.803. The van der Waals surface area contributed by atoms with Crippen LogP contribution < -0.4 is 5.32 Å². The van der Waals surface area contributed by atoms with Gasteiger partial charge in [-0.15, -0.1) is 0 Å². The van der Waals surface area contributed by atoms with Gasteiger partial charge in [0.1, 0.15) is 6.07 Å². The number of benzene rings is 1. The molecule has 102 valence electrons. The minimum absolute atomic E-state index is 0.0870. The van der Waals surface area contributed by atoms with E-state index in [2.05, 4.69) is 5.32 Å². The van der Waals surface area contributed by atoms with Crippen molar-refractivity contribution in [3.63, 3.8) is 0 Å². The van der Waals surface area contributed by atoms with Gasteiger partial charge in [0.15, 0.2) is 0 Å². The average Bonchev–Trinajstić information content (AvgIpc) is 2.36. The summed E-state index contributed by atoms with van der Waals surface area (Å²) in [6.45, 7) is 2.56. The lowest BCUT2D eigenvalue weighted by Gasteiger charge is -2.17. The van der Waals surface area contributed by atoms with E-state index < -0.39 is 12.1 Å². The molecule has 1 rings (SSSR count). The van der Waals surface area contributed by atoms with E-state index >= 15 is 0 Å². The van der Waals surface area contributed by atoms with E-state index in [0.29, 0.717) is 29.4 Å². The van der Waals surface area contributed by atoms with Gasteiger partial charge < -0.3 is 15.2 Å². The molecule has 0 saturated heterocycles. The zero-order chi connectivity index (χ0) is 14.3. The molecule has 0 saturated carbocycles. The first kappa shape index (κ1) is 15.3. The van der Waals surface area contributed by atoms with Crippen LogP contribution in [0, 0.1) is 11.3 Å². The molecule has 0 aromatic heterocycles. The minimum Gasteiger partial charge on any atom is -0.481 e. The van der Waals surface area contributed by atoms with Crippen LogP contribution in [0.15, 0.2) is 18.2 Å². The summed E-state index contributed by atoms with van der Waals surface area (Å²) < 4.78 is 5.32. The molecule has 19 heavy (non-hydrogen) atoms. The maximum absolute atomic E-state index is 10.7. The summed E-state index contributed by atoms with van der Waals surface area (Å²) in [6, 6.07) is 6.93. The summed E-state index contributed by atoms with van der Waals surface area (Å²) in [5.74, 6) is -0.920. The van der Waals surface area contributed by atoms with E-state index in [1.54, 1.807) is 25.1 Å². The van der Waals surface area contributed by atoms with Gasteiger partial charge in [-0.05, 0) is 25.1 Å². The fourth-order valence-electron chi connectivity index (χ4n) is 1.61. The van der Waals surface area contributed by atoms with Crippen molar-refractivity contribution in [1.29, 1.82) is 5.26 Å². The van der Waals surface area contributed by atoms with Crippen LogP contribution in [-0.2, 0) is 9.53 Å². The molecule has 6 heteroatoms. The summed E-state index contributed by atoms with van der Waals surface area (Å²) in [5, 5.41) is 21.2. The van der Waals surface area contributed by atoms with Crippen molar-refractivity contribution in [3.05, 3.63) is 28.8 Å². The summed E-state index contributed by atoms with van der Waals surface area (Å²) in [5.41, 5.74) is 1.03. The summed E-state index contributed by atoms with van der Waals surface area (Å²) in [7, 11) is 0. The molecule has 2 N–H and O–H groups in total. The Morgan fingerprint density at radius 1 is 1.63 bits per heavy atom. The molecule has 0 bridgehead atoms. The molecule has 1 aromatic carbocycles. The van der Waals surface area contributed by atoms with Crippen molar-refractivity contribution >= 4 is 23.3 Å². The number of carboxylic acid groups (broad SMARTS) is 1. The van der Waals surface area contributed by atoms with Crippen molar-refractivity contribution in [2.24, 2.45) is 0 Å². The molecule has 1 atom stereocenters. The number of anilines is 1. The van der Waals surface area contributed by atoms with Crippen LogP contribution in [0.2, 0.25) is 5.02 Å². The Morgan fingerprint density at radius 3 is 2.95 bits per heavy atom. The van der Waals surface area contributed by atoms with Gasteiger partial charge in [0.2, 0.25) is 0 Å². The largest absolute Gasteiger partial charge is 0.481 e. The van der Waals surface area contributed by atoms with Gasteiger partial charge in [-0.1, -0.05) is 11.6 Å². The number of nitrogens with one attached hydrogen (secondary N) is 1. The second-order valence-corrected chi connectivity index (χ2v) is 4.29. The van der Waals surface area contributed by atoms with E-state index in [0.717, 1.165) is 0 Å². The Balaban J connectivity index is 2.68. The molecule has 0 fully saturated rings. The minimum atomic E-state index is -0.920. The van der Waals surface area contributed by atoms with Gasteiger partial charge in [-0.3, -0.25) is 4.79 Å². The number of rotatable bonds is 7. The molecular formula is C13H15ClN2O3. The molecule has 0 aliphatic rings. The number of hydrogen-bond donors (Lipinski definition) is 2. The Labute approximate surface area is 116 Å². The van der Waals surface area contributed by atoms with Crippen molar-refractivity contribution < 1.29 is 14.6 Å². The first-order valence-corrected chi connectivity index (χ1v) is 6.21. The third kappa shape index (κ3) is 5.16. The third-order valence-electron chi connectivity index (χ3n) is 2.43. The Kier molecular flexibility index (Phi) is 6.13. The maximum atomic E-state index is 10.7. The molecule has 0 aliphatic carbocycles. The van der Waals surface area contributed by atoms with Gasteiger partial charge in [0.05, 0.1) is 23.8 Å². The normalized spacial score (nSPS) is 11.6. The monoisotopic (exact) mass is 282 g/mol. The lowest BCUT2D eigenvalue weighted by atomic mass is 10.2. The highest BCUT2D eigenvalue weighted by atomic mass is 35.5. The molecule has 0 radical (unpaired) electrons. The van der Waals surface area contributed by atoms with Crippen LogP contribution in [0.25, 0.3) is 0 Å². The van der Waals surface area contributed by atoms with Crippen molar-refractivity contribution in [1.82, 2.24) is 0 Å². The number of carboxylic acids is 1. The smallest absolute Gasteiger partial charge is 0.306 e. The molecule has 5 nitrogen and oxygen atoms in total. The molecule has 0 amide bonds. The second-order valence-electron chi connectivity index (χ2n) is 3.86. The van der Waals surface area contributed by atoms with Gasteiger partial charge in [-0.25, -0.2) is 0 Å². The van der Waals surface area contributed by atoms with Crippen molar-refractivity contribution in [2.45, 2.75) is 19.4 Å². The summed E-state index contributed by atoms with van der Waals surface area (Å²) in [4.78, 5) is 10.7. The van der Waals surface area contributed by atoms with E-state index in [1.807, 2.05) is 6.07 Å². The number of nitrogens with zero attached hydrogens (tertiary/aromatic N) is 1. The number of carbonyl (C=O) groups is 1. The second kappa shape index (κ2) is 7.62. The molecule has 1 unspecified atom stereocenters. The average molecular weight is 283 g/mol. The number of halogens is 1. The Morgan fingerprint density at radius 2 is 2.37 bits per heavy atom. The first-order valence-electron chi connectivity index (χ1n) is 5.83. The lowest BCUT2D eigenvalue weighted by Crippen LogP contribution is -2.26. The van der Waals surface area contributed by atoms with E-state index in [-0.39, 0.29) is 6.42 Å². The highest BCUT2D eigenvalue weighted by molar-refractivity contribution is 6.30. The third-order valence-corrected chi connectivity index (χ3v) is 2.66. The van der Waals surface area contributed by atoms with Crippen LogP contribution in [0.5, 0.6) is 0 Å². The van der Waals surface area contributed by atoms with Gasteiger partial charge in [0, 0.05) is 18.2 Å². The zero-order valence-electron chi connectivity index (χ0n) is 10.5.